The molecule has 2 N–H and O–H groups in total. The van der Waals surface area contributed by atoms with E-state index in [1.807, 2.05) is 24.3 Å². The topological polar surface area (TPSA) is 76.5 Å². The molecule has 5 nitrogen and oxygen atoms in total. The summed E-state index contributed by atoms with van der Waals surface area (Å²) in [6.07, 6.45) is 1.25. The zero-order valence-corrected chi connectivity index (χ0v) is 11.0. The molecule has 1 aromatic carbocycles. The summed E-state index contributed by atoms with van der Waals surface area (Å²) in [4.78, 5) is 25.2. The van der Waals surface area contributed by atoms with Crippen molar-refractivity contribution >= 4 is 22.8 Å². The summed E-state index contributed by atoms with van der Waals surface area (Å²) in [6.45, 7) is 1.09. The van der Waals surface area contributed by atoms with Crippen molar-refractivity contribution in [1.29, 1.82) is 0 Å². The van der Waals surface area contributed by atoms with E-state index in [2.05, 4.69) is 0 Å². The number of hydrogen-bond donors (Lipinski definition) is 1. The maximum atomic E-state index is 12.4. The molecular formula is C15H16N2O3. The number of carbonyl (C=O) groups excluding carboxylic acids is 2. The number of nitrogens with two attached hydrogens (primary N) is 1. The van der Waals surface area contributed by atoms with Crippen molar-refractivity contribution in [2.75, 3.05) is 13.1 Å². The lowest BCUT2D eigenvalue weighted by molar-refractivity contribution is -0.123. The summed E-state index contributed by atoms with van der Waals surface area (Å²) in [7, 11) is 0. The summed E-state index contributed by atoms with van der Waals surface area (Å²) in [5, 5.41) is 0.919. The molecule has 2 amide bonds. The molecule has 3 rings (SSSR count). The Balaban J connectivity index is 1.75. The van der Waals surface area contributed by atoms with E-state index in [4.69, 9.17) is 10.2 Å². The van der Waals surface area contributed by atoms with Crippen molar-refractivity contribution in [1.82, 2.24) is 4.90 Å². The smallest absolute Gasteiger partial charge is 0.289 e. The largest absolute Gasteiger partial charge is 0.451 e. The molecule has 0 saturated carbocycles. The van der Waals surface area contributed by atoms with Gasteiger partial charge in [-0.2, -0.15) is 0 Å². The van der Waals surface area contributed by atoms with E-state index in [1.165, 1.54) is 0 Å². The normalized spacial score (nSPS) is 16.5. The highest BCUT2D eigenvalue weighted by atomic mass is 16.3. The SMILES string of the molecule is NC(=O)C1CCN(C(=O)c2cc3ccccc3o2)CC1. The van der Waals surface area contributed by atoms with Gasteiger partial charge in [-0.15, -0.1) is 0 Å². The first-order chi connectivity index (χ1) is 9.65. The zero-order valence-electron chi connectivity index (χ0n) is 11.0. The Hall–Kier alpha value is -2.30. The third-order valence-electron chi connectivity index (χ3n) is 3.82. The van der Waals surface area contributed by atoms with Gasteiger partial charge in [-0.25, -0.2) is 0 Å². The van der Waals surface area contributed by atoms with Crippen molar-refractivity contribution in [2.45, 2.75) is 12.8 Å². The number of amides is 2. The van der Waals surface area contributed by atoms with E-state index in [0.29, 0.717) is 37.3 Å². The van der Waals surface area contributed by atoms with Crippen LogP contribution in [0.3, 0.4) is 0 Å². The minimum atomic E-state index is -0.277. The Bertz CT molecular complexity index is 621. The molecule has 0 atom stereocenters. The summed E-state index contributed by atoms with van der Waals surface area (Å²) in [5.74, 6) is -0.164. The summed E-state index contributed by atoms with van der Waals surface area (Å²) < 4.78 is 5.57. The first-order valence-corrected chi connectivity index (χ1v) is 6.72. The van der Waals surface area contributed by atoms with Crippen molar-refractivity contribution in [3.8, 4) is 0 Å². The van der Waals surface area contributed by atoms with Gasteiger partial charge in [-0.05, 0) is 25.0 Å². The van der Waals surface area contributed by atoms with Crippen molar-refractivity contribution in [3.05, 3.63) is 36.1 Å². The summed E-state index contributed by atoms with van der Waals surface area (Å²) in [6, 6.07) is 9.29. The zero-order chi connectivity index (χ0) is 14.1. The highest BCUT2D eigenvalue weighted by Crippen LogP contribution is 2.23. The van der Waals surface area contributed by atoms with Crippen molar-refractivity contribution in [3.63, 3.8) is 0 Å². The maximum Gasteiger partial charge on any atom is 0.289 e. The Morgan fingerprint density at radius 1 is 1.20 bits per heavy atom. The van der Waals surface area contributed by atoms with Crippen LogP contribution in [-0.2, 0) is 4.79 Å². The number of carbonyl (C=O) groups is 2. The van der Waals surface area contributed by atoms with Crippen molar-refractivity contribution in [2.24, 2.45) is 11.7 Å². The van der Waals surface area contributed by atoms with Crippen LogP contribution in [0, 0.1) is 5.92 Å². The molecule has 1 aliphatic rings. The standard InChI is InChI=1S/C15H16N2O3/c16-14(18)10-5-7-17(8-6-10)15(19)13-9-11-3-1-2-4-12(11)20-13/h1-4,9-10H,5-8H2,(H2,16,18). The second-order valence-electron chi connectivity index (χ2n) is 5.12. The van der Waals surface area contributed by atoms with E-state index in [-0.39, 0.29) is 17.7 Å². The molecule has 0 bridgehead atoms. The fourth-order valence-electron chi connectivity index (χ4n) is 2.61. The Labute approximate surface area is 116 Å². The molecular weight excluding hydrogens is 256 g/mol. The number of piperidine rings is 1. The van der Waals surface area contributed by atoms with Gasteiger partial charge in [0, 0.05) is 24.4 Å². The average Bonchev–Trinajstić information content (AvgIpc) is 2.90. The molecule has 0 radical (unpaired) electrons. The molecule has 1 saturated heterocycles. The van der Waals surface area contributed by atoms with E-state index < -0.39 is 0 Å². The molecule has 0 unspecified atom stereocenters. The van der Waals surface area contributed by atoms with Gasteiger partial charge in [0.25, 0.3) is 5.91 Å². The molecule has 1 aliphatic heterocycles. The highest BCUT2D eigenvalue weighted by Gasteiger charge is 2.27. The highest BCUT2D eigenvalue weighted by molar-refractivity contribution is 5.96. The van der Waals surface area contributed by atoms with Gasteiger partial charge < -0.3 is 15.1 Å². The van der Waals surface area contributed by atoms with Gasteiger partial charge in [-0.3, -0.25) is 9.59 Å². The molecule has 0 aliphatic carbocycles. The number of nitrogens with zero attached hydrogens (tertiary/aromatic N) is 1. The quantitative estimate of drug-likeness (QED) is 0.905. The molecule has 2 aromatic rings. The molecule has 1 fully saturated rings. The van der Waals surface area contributed by atoms with Crippen LogP contribution in [0.15, 0.2) is 34.7 Å². The molecule has 2 heterocycles. The minimum Gasteiger partial charge on any atom is -0.451 e. The molecule has 5 heteroatoms. The van der Waals surface area contributed by atoms with Gasteiger partial charge in [-0.1, -0.05) is 18.2 Å². The van der Waals surface area contributed by atoms with Crippen LogP contribution >= 0.6 is 0 Å². The molecule has 1 aromatic heterocycles. The third-order valence-corrected chi connectivity index (χ3v) is 3.82. The lowest BCUT2D eigenvalue weighted by Crippen LogP contribution is -2.41. The Kier molecular flexibility index (Phi) is 3.18. The predicted octanol–water partition coefficient (Wildman–Crippen LogP) is 1.77. The van der Waals surface area contributed by atoms with E-state index in [1.54, 1.807) is 11.0 Å². The molecule has 0 spiro atoms. The first kappa shape index (κ1) is 12.7. The number of likely N-dealkylation sites (tertiary alicyclic amines) is 1. The van der Waals surface area contributed by atoms with Crippen LogP contribution in [0.5, 0.6) is 0 Å². The van der Waals surface area contributed by atoms with Gasteiger partial charge in [0.2, 0.25) is 5.91 Å². The van der Waals surface area contributed by atoms with Gasteiger partial charge >= 0.3 is 0 Å². The summed E-state index contributed by atoms with van der Waals surface area (Å²) >= 11 is 0. The van der Waals surface area contributed by atoms with E-state index >= 15 is 0 Å². The minimum absolute atomic E-state index is 0.116. The number of para-hydroxylation sites is 1. The van der Waals surface area contributed by atoms with E-state index in [0.717, 1.165) is 5.39 Å². The van der Waals surface area contributed by atoms with Gasteiger partial charge in [0.1, 0.15) is 5.58 Å². The number of hydrogen-bond acceptors (Lipinski definition) is 3. The second-order valence-corrected chi connectivity index (χ2v) is 5.12. The maximum absolute atomic E-state index is 12.4. The van der Waals surface area contributed by atoms with Crippen LogP contribution in [0.25, 0.3) is 11.0 Å². The van der Waals surface area contributed by atoms with Crippen LogP contribution in [-0.4, -0.2) is 29.8 Å². The monoisotopic (exact) mass is 272 g/mol. The molecule has 104 valence electrons. The van der Waals surface area contributed by atoms with Crippen molar-refractivity contribution < 1.29 is 14.0 Å². The molecule has 20 heavy (non-hydrogen) atoms. The van der Waals surface area contributed by atoms with E-state index in [9.17, 15) is 9.59 Å². The average molecular weight is 272 g/mol. The van der Waals surface area contributed by atoms with Gasteiger partial charge in [0.05, 0.1) is 0 Å². The van der Waals surface area contributed by atoms with Crippen LogP contribution in [0.2, 0.25) is 0 Å². The van der Waals surface area contributed by atoms with Crippen LogP contribution in [0.4, 0.5) is 0 Å². The lowest BCUT2D eigenvalue weighted by Gasteiger charge is -2.29. The Morgan fingerprint density at radius 2 is 1.90 bits per heavy atom. The fraction of sp³-hybridized carbons (Fsp3) is 0.333. The Morgan fingerprint density at radius 3 is 2.55 bits per heavy atom. The number of rotatable bonds is 2. The number of fused-ring (bicyclic) bond motifs is 1. The lowest BCUT2D eigenvalue weighted by atomic mass is 9.96. The predicted molar refractivity (Wildman–Crippen MR) is 74.0 cm³/mol. The van der Waals surface area contributed by atoms with Crippen LogP contribution in [0.1, 0.15) is 23.4 Å². The second kappa shape index (κ2) is 5.00. The number of furan rings is 1. The number of benzene rings is 1. The van der Waals surface area contributed by atoms with Gasteiger partial charge in [0.15, 0.2) is 5.76 Å². The van der Waals surface area contributed by atoms with Crippen LogP contribution < -0.4 is 5.73 Å². The number of primary amides is 1. The third kappa shape index (κ3) is 2.27. The fourth-order valence-corrected chi connectivity index (χ4v) is 2.61. The summed E-state index contributed by atoms with van der Waals surface area (Å²) in [5.41, 5.74) is 6.00. The first-order valence-electron chi connectivity index (χ1n) is 6.72.